The third-order valence-electron chi connectivity index (χ3n) is 4.91. The van der Waals surface area contributed by atoms with Crippen molar-refractivity contribution >= 4 is 17.8 Å². The standard InChI is InChI=1S/C27H32N2O5/c1-3-24(30)28-17-8-10-19-33-26-22(21-13-6-5-7-14-21)15-12-16-23(26)27(32)34-20-11-9-18-29-25(31)4-2/h3-7,12-16H,1-2,8-11,17-20H2,(H,28,30)(H,29,31). The second-order valence-electron chi connectivity index (χ2n) is 7.44. The molecule has 0 bridgehead atoms. The SMILES string of the molecule is C=CC(=O)NCCCCOC(=O)c1cccc(-c2ccccc2)c1OCCCCNC(=O)C=C. The van der Waals surface area contributed by atoms with Gasteiger partial charge in [-0.25, -0.2) is 4.79 Å². The van der Waals surface area contributed by atoms with E-state index in [1.807, 2.05) is 36.4 Å². The normalized spacial score (nSPS) is 10.1. The van der Waals surface area contributed by atoms with E-state index in [0.717, 1.165) is 17.5 Å². The number of amides is 2. The van der Waals surface area contributed by atoms with Crippen molar-refractivity contribution in [2.75, 3.05) is 26.3 Å². The van der Waals surface area contributed by atoms with Crippen molar-refractivity contribution in [3.63, 3.8) is 0 Å². The number of esters is 1. The van der Waals surface area contributed by atoms with Crippen LogP contribution in [0.2, 0.25) is 0 Å². The van der Waals surface area contributed by atoms with Gasteiger partial charge in [0, 0.05) is 18.7 Å². The lowest BCUT2D eigenvalue weighted by Gasteiger charge is -2.16. The van der Waals surface area contributed by atoms with Crippen LogP contribution in [0.4, 0.5) is 0 Å². The van der Waals surface area contributed by atoms with Gasteiger partial charge in [0.25, 0.3) is 0 Å². The van der Waals surface area contributed by atoms with E-state index in [1.165, 1.54) is 12.2 Å². The minimum absolute atomic E-state index is 0.205. The van der Waals surface area contributed by atoms with E-state index in [0.29, 0.717) is 50.3 Å². The molecule has 34 heavy (non-hydrogen) atoms. The summed E-state index contributed by atoms with van der Waals surface area (Å²) >= 11 is 0. The number of rotatable bonds is 15. The molecular formula is C27H32N2O5. The zero-order valence-electron chi connectivity index (χ0n) is 19.4. The molecule has 0 aliphatic heterocycles. The van der Waals surface area contributed by atoms with Gasteiger partial charge < -0.3 is 20.1 Å². The van der Waals surface area contributed by atoms with Crippen LogP contribution in [0.5, 0.6) is 5.75 Å². The second kappa shape index (κ2) is 15.1. The molecule has 0 fully saturated rings. The van der Waals surface area contributed by atoms with E-state index in [-0.39, 0.29) is 18.4 Å². The molecule has 0 saturated heterocycles. The number of benzene rings is 2. The van der Waals surface area contributed by atoms with Gasteiger partial charge in [0.05, 0.1) is 13.2 Å². The molecule has 2 N–H and O–H groups in total. The van der Waals surface area contributed by atoms with Gasteiger partial charge in [0.2, 0.25) is 11.8 Å². The van der Waals surface area contributed by atoms with E-state index in [4.69, 9.17) is 9.47 Å². The highest BCUT2D eigenvalue weighted by molar-refractivity contribution is 5.95. The number of unbranched alkanes of at least 4 members (excludes halogenated alkanes) is 2. The van der Waals surface area contributed by atoms with Crippen molar-refractivity contribution in [3.8, 4) is 16.9 Å². The lowest BCUT2D eigenvalue weighted by atomic mass is 10.0. The zero-order chi connectivity index (χ0) is 24.6. The Kier molecular flexibility index (Phi) is 11.7. The lowest BCUT2D eigenvalue weighted by Crippen LogP contribution is -2.22. The smallest absolute Gasteiger partial charge is 0.341 e. The van der Waals surface area contributed by atoms with Gasteiger partial charge in [-0.2, -0.15) is 0 Å². The highest BCUT2D eigenvalue weighted by atomic mass is 16.5. The summed E-state index contributed by atoms with van der Waals surface area (Å²) in [5.41, 5.74) is 2.10. The first-order valence-corrected chi connectivity index (χ1v) is 11.4. The predicted molar refractivity (Wildman–Crippen MR) is 133 cm³/mol. The number of nitrogens with one attached hydrogen (secondary N) is 2. The van der Waals surface area contributed by atoms with Gasteiger partial charge in [0.1, 0.15) is 11.3 Å². The maximum atomic E-state index is 12.8. The summed E-state index contributed by atoms with van der Waals surface area (Å²) in [6.07, 6.45) is 5.19. The van der Waals surface area contributed by atoms with Gasteiger partial charge in [-0.3, -0.25) is 9.59 Å². The number of ether oxygens (including phenoxy) is 2. The first-order valence-electron chi connectivity index (χ1n) is 11.4. The van der Waals surface area contributed by atoms with E-state index < -0.39 is 5.97 Å². The van der Waals surface area contributed by atoms with Crippen molar-refractivity contribution < 1.29 is 23.9 Å². The van der Waals surface area contributed by atoms with Gasteiger partial charge in [-0.1, -0.05) is 55.6 Å². The third kappa shape index (κ3) is 8.94. The van der Waals surface area contributed by atoms with Gasteiger partial charge in [-0.05, 0) is 49.5 Å². The number of para-hydroxylation sites is 1. The summed E-state index contributed by atoms with van der Waals surface area (Å²) in [6.45, 7) is 8.47. The fraction of sp³-hybridized carbons (Fsp3) is 0.296. The van der Waals surface area contributed by atoms with Crippen molar-refractivity contribution in [1.29, 1.82) is 0 Å². The molecule has 0 unspecified atom stereocenters. The summed E-state index contributed by atoms with van der Waals surface area (Å²) in [5, 5.41) is 5.42. The van der Waals surface area contributed by atoms with Crippen LogP contribution in [0.15, 0.2) is 73.8 Å². The number of carbonyl (C=O) groups excluding carboxylic acids is 3. The molecule has 2 aromatic carbocycles. The average molecular weight is 465 g/mol. The minimum atomic E-state index is -0.457. The summed E-state index contributed by atoms with van der Waals surface area (Å²) in [7, 11) is 0. The molecule has 2 rings (SSSR count). The molecular weight excluding hydrogens is 432 g/mol. The molecule has 0 saturated carbocycles. The number of carbonyl (C=O) groups is 3. The molecule has 0 radical (unpaired) electrons. The Balaban J connectivity index is 2.00. The van der Waals surface area contributed by atoms with Crippen molar-refractivity contribution in [2.24, 2.45) is 0 Å². The molecule has 0 aliphatic carbocycles. The van der Waals surface area contributed by atoms with Crippen molar-refractivity contribution in [2.45, 2.75) is 25.7 Å². The maximum Gasteiger partial charge on any atom is 0.341 e. The molecule has 0 aliphatic rings. The molecule has 0 atom stereocenters. The fourth-order valence-corrected chi connectivity index (χ4v) is 3.14. The molecule has 7 nitrogen and oxygen atoms in total. The van der Waals surface area contributed by atoms with Crippen LogP contribution in [-0.2, 0) is 14.3 Å². The van der Waals surface area contributed by atoms with E-state index in [2.05, 4.69) is 23.8 Å². The van der Waals surface area contributed by atoms with Crippen LogP contribution < -0.4 is 15.4 Å². The van der Waals surface area contributed by atoms with Crippen molar-refractivity contribution in [1.82, 2.24) is 10.6 Å². The molecule has 0 heterocycles. The molecule has 0 aromatic heterocycles. The summed E-state index contributed by atoms with van der Waals surface area (Å²) in [5.74, 6) is -0.406. The highest BCUT2D eigenvalue weighted by Gasteiger charge is 2.18. The Morgan fingerprint density at radius 2 is 1.38 bits per heavy atom. The first-order chi connectivity index (χ1) is 16.6. The minimum Gasteiger partial charge on any atom is -0.492 e. The largest absolute Gasteiger partial charge is 0.492 e. The Morgan fingerprint density at radius 1 is 0.765 bits per heavy atom. The van der Waals surface area contributed by atoms with E-state index >= 15 is 0 Å². The summed E-state index contributed by atoms with van der Waals surface area (Å²) < 4.78 is 11.5. The predicted octanol–water partition coefficient (Wildman–Crippen LogP) is 4.05. The third-order valence-corrected chi connectivity index (χ3v) is 4.91. The molecule has 180 valence electrons. The maximum absolute atomic E-state index is 12.8. The Bertz CT molecular complexity index is 972. The van der Waals surface area contributed by atoms with E-state index in [1.54, 1.807) is 12.1 Å². The zero-order valence-corrected chi connectivity index (χ0v) is 19.4. The molecule has 2 aromatic rings. The van der Waals surface area contributed by atoms with Crippen LogP contribution in [0.1, 0.15) is 36.0 Å². The first kappa shape index (κ1) is 26.4. The van der Waals surface area contributed by atoms with Gasteiger partial charge >= 0.3 is 5.97 Å². The Labute approximate surface area is 200 Å². The highest BCUT2D eigenvalue weighted by Crippen LogP contribution is 2.34. The van der Waals surface area contributed by atoms with Crippen LogP contribution in [0, 0.1) is 0 Å². The second-order valence-corrected chi connectivity index (χ2v) is 7.44. The van der Waals surface area contributed by atoms with Crippen LogP contribution in [0.25, 0.3) is 11.1 Å². The monoisotopic (exact) mass is 464 g/mol. The summed E-state index contributed by atoms with van der Waals surface area (Å²) in [6, 6.07) is 15.1. The number of hydrogen-bond acceptors (Lipinski definition) is 5. The fourth-order valence-electron chi connectivity index (χ4n) is 3.14. The van der Waals surface area contributed by atoms with Crippen LogP contribution in [0.3, 0.4) is 0 Å². The Hall–Kier alpha value is -3.87. The quantitative estimate of drug-likeness (QED) is 0.236. The average Bonchev–Trinajstić information content (AvgIpc) is 2.87. The Morgan fingerprint density at radius 3 is 2.00 bits per heavy atom. The van der Waals surface area contributed by atoms with Gasteiger partial charge in [-0.15, -0.1) is 0 Å². The topological polar surface area (TPSA) is 93.7 Å². The molecule has 2 amide bonds. The van der Waals surface area contributed by atoms with Crippen LogP contribution >= 0.6 is 0 Å². The lowest BCUT2D eigenvalue weighted by molar-refractivity contribution is -0.117. The number of hydrogen-bond donors (Lipinski definition) is 2. The molecule has 0 spiro atoms. The summed E-state index contributed by atoms with van der Waals surface area (Å²) in [4.78, 5) is 35.2. The van der Waals surface area contributed by atoms with Crippen molar-refractivity contribution in [3.05, 3.63) is 79.4 Å². The van der Waals surface area contributed by atoms with Crippen LogP contribution in [-0.4, -0.2) is 44.1 Å². The van der Waals surface area contributed by atoms with Gasteiger partial charge in [0.15, 0.2) is 0 Å². The van der Waals surface area contributed by atoms with E-state index in [9.17, 15) is 14.4 Å². The molecule has 7 heteroatoms.